The van der Waals surface area contributed by atoms with Gasteiger partial charge in [0.1, 0.15) is 5.70 Å². The van der Waals surface area contributed by atoms with Crippen LogP contribution < -0.4 is 10.2 Å². The molecule has 2 amide bonds. The van der Waals surface area contributed by atoms with Crippen molar-refractivity contribution in [3.05, 3.63) is 104 Å². The Hall–Kier alpha value is -3.68. The molecule has 0 fully saturated rings. The molecule has 32 heavy (non-hydrogen) atoms. The van der Waals surface area contributed by atoms with Gasteiger partial charge >= 0.3 is 0 Å². The van der Waals surface area contributed by atoms with E-state index in [4.69, 9.17) is 23.2 Å². The van der Waals surface area contributed by atoms with Crippen molar-refractivity contribution in [2.45, 2.75) is 6.92 Å². The zero-order valence-corrected chi connectivity index (χ0v) is 18.1. The summed E-state index contributed by atoms with van der Waals surface area (Å²) in [5.74, 6) is -1.14. The lowest BCUT2D eigenvalue weighted by atomic mass is 10.0. The molecule has 0 unspecified atom stereocenters. The van der Waals surface area contributed by atoms with Gasteiger partial charge in [0.2, 0.25) is 0 Å². The molecule has 0 spiro atoms. The van der Waals surface area contributed by atoms with E-state index in [1.807, 2.05) is 6.92 Å². The van der Waals surface area contributed by atoms with Gasteiger partial charge in [-0.25, -0.2) is 4.90 Å². The molecule has 0 aliphatic carbocycles. The van der Waals surface area contributed by atoms with Crippen LogP contribution in [0.15, 0.2) is 72.4 Å². The van der Waals surface area contributed by atoms with Crippen molar-refractivity contribution in [2.75, 3.05) is 10.2 Å². The first kappa shape index (κ1) is 21.5. The molecule has 9 heteroatoms. The third kappa shape index (κ3) is 3.95. The van der Waals surface area contributed by atoms with Gasteiger partial charge < -0.3 is 5.32 Å². The number of hydrogen-bond acceptors (Lipinski definition) is 5. The van der Waals surface area contributed by atoms with Crippen LogP contribution in [0, 0.1) is 17.0 Å². The minimum absolute atomic E-state index is 0.0502. The Morgan fingerprint density at radius 3 is 2.22 bits per heavy atom. The summed E-state index contributed by atoms with van der Waals surface area (Å²) in [5, 5.41) is 15.0. The molecule has 0 saturated heterocycles. The number of carbonyl (C=O) groups excluding carboxylic acids is 2. The van der Waals surface area contributed by atoms with Crippen LogP contribution in [0.3, 0.4) is 0 Å². The summed E-state index contributed by atoms with van der Waals surface area (Å²) in [5.41, 5.74) is 2.07. The lowest BCUT2D eigenvalue weighted by Gasteiger charge is -2.16. The maximum Gasteiger partial charge on any atom is 0.282 e. The highest BCUT2D eigenvalue weighted by molar-refractivity contribution is 6.46. The predicted molar refractivity (Wildman–Crippen MR) is 124 cm³/mol. The Morgan fingerprint density at radius 2 is 1.59 bits per heavy atom. The number of non-ortho nitro benzene ring substituents is 1. The van der Waals surface area contributed by atoms with Crippen LogP contribution in [-0.2, 0) is 9.59 Å². The van der Waals surface area contributed by atoms with Gasteiger partial charge in [-0.2, -0.15) is 0 Å². The van der Waals surface area contributed by atoms with Gasteiger partial charge in [-0.1, -0.05) is 29.3 Å². The van der Waals surface area contributed by atoms with Crippen LogP contribution in [0.1, 0.15) is 11.1 Å². The van der Waals surface area contributed by atoms with Crippen LogP contribution in [0.25, 0.3) is 5.57 Å². The van der Waals surface area contributed by atoms with Gasteiger partial charge in [-0.15, -0.1) is 0 Å². The maximum atomic E-state index is 13.4. The Labute approximate surface area is 193 Å². The minimum atomic E-state index is -0.569. The van der Waals surface area contributed by atoms with Crippen LogP contribution >= 0.6 is 23.2 Å². The largest absolute Gasteiger partial charge is 0.350 e. The molecule has 0 radical (unpaired) electrons. The topological polar surface area (TPSA) is 92.6 Å². The number of nitro benzene ring substituents is 1. The molecule has 0 saturated carbocycles. The lowest BCUT2D eigenvalue weighted by molar-refractivity contribution is -0.384. The maximum absolute atomic E-state index is 13.4. The van der Waals surface area contributed by atoms with E-state index in [0.29, 0.717) is 27.0 Å². The average Bonchev–Trinajstić information content (AvgIpc) is 2.99. The molecule has 0 aromatic heterocycles. The summed E-state index contributed by atoms with van der Waals surface area (Å²) >= 11 is 12.1. The first-order valence-corrected chi connectivity index (χ1v) is 10.2. The van der Waals surface area contributed by atoms with E-state index < -0.39 is 16.7 Å². The van der Waals surface area contributed by atoms with Crippen LogP contribution in [0.2, 0.25) is 10.0 Å². The second-order valence-electron chi connectivity index (χ2n) is 7.06. The standard InChI is InChI=1S/C23H15Cl2N3O4/c1-13-11-16(25)7-10-19(13)26-21-20(14-5-8-17(9-6-14)28(31)32)22(29)27(23(21)30)18-4-2-3-15(24)12-18/h2-12,26H,1H3. The normalized spacial score (nSPS) is 13.7. The number of nitrogens with one attached hydrogen (secondary N) is 1. The molecule has 7 nitrogen and oxygen atoms in total. The molecular weight excluding hydrogens is 453 g/mol. The third-order valence-electron chi connectivity index (χ3n) is 4.97. The van der Waals surface area contributed by atoms with Gasteiger partial charge in [-0.3, -0.25) is 19.7 Å². The fraction of sp³-hybridized carbons (Fsp3) is 0.0435. The molecule has 1 aliphatic heterocycles. The summed E-state index contributed by atoms with van der Waals surface area (Å²) in [6, 6.07) is 16.9. The molecule has 3 aromatic carbocycles. The first-order valence-electron chi connectivity index (χ1n) is 9.43. The van der Waals surface area contributed by atoms with Crippen molar-refractivity contribution in [2.24, 2.45) is 0 Å². The van der Waals surface area contributed by atoms with Crippen molar-refractivity contribution >= 4 is 57.7 Å². The van der Waals surface area contributed by atoms with Gasteiger partial charge in [0.05, 0.1) is 16.2 Å². The second kappa shape index (κ2) is 8.45. The molecule has 1 N–H and O–H groups in total. The van der Waals surface area contributed by atoms with E-state index in [0.717, 1.165) is 10.5 Å². The third-order valence-corrected chi connectivity index (χ3v) is 5.44. The summed E-state index contributed by atoms with van der Waals surface area (Å²) < 4.78 is 0. The number of carbonyl (C=O) groups is 2. The molecule has 160 valence electrons. The van der Waals surface area contributed by atoms with Crippen LogP contribution in [0.4, 0.5) is 17.1 Å². The van der Waals surface area contributed by atoms with Crippen molar-refractivity contribution in [1.29, 1.82) is 0 Å². The summed E-state index contributed by atoms with van der Waals surface area (Å²) in [4.78, 5) is 38.3. The number of amides is 2. The second-order valence-corrected chi connectivity index (χ2v) is 7.94. The number of hydrogen-bond donors (Lipinski definition) is 1. The summed E-state index contributed by atoms with van der Waals surface area (Å²) in [7, 11) is 0. The highest BCUT2D eigenvalue weighted by atomic mass is 35.5. The Bertz CT molecular complexity index is 1300. The Kier molecular flexibility index (Phi) is 5.69. The van der Waals surface area contributed by atoms with E-state index in [1.54, 1.807) is 36.4 Å². The number of anilines is 2. The van der Waals surface area contributed by atoms with Gasteiger partial charge in [-0.05, 0) is 66.6 Å². The number of rotatable bonds is 5. The monoisotopic (exact) mass is 467 g/mol. The van der Waals surface area contributed by atoms with Gasteiger partial charge in [0, 0.05) is 27.9 Å². The number of halogens is 2. The first-order chi connectivity index (χ1) is 15.3. The minimum Gasteiger partial charge on any atom is -0.350 e. The fourth-order valence-electron chi connectivity index (χ4n) is 3.42. The molecule has 3 aromatic rings. The number of nitrogens with zero attached hydrogens (tertiary/aromatic N) is 2. The Morgan fingerprint density at radius 1 is 0.906 bits per heavy atom. The smallest absolute Gasteiger partial charge is 0.282 e. The highest BCUT2D eigenvalue weighted by Crippen LogP contribution is 2.35. The molecule has 1 aliphatic rings. The van der Waals surface area contributed by atoms with Crippen molar-refractivity contribution in [1.82, 2.24) is 0 Å². The Balaban J connectivity index is 1.84. The number of nitro groups is 1. The van der Waals surface area contributed by atoms with Gasteiger partial charge in [0.15, 0.2) is 0 Å². The number of imide groups is 1. The average molecular weight is 468 g/mol. The van der Waals surface area contributed by atoms with Crippen molar-refractivity contribution in [3.63, 3.8) is 0 Å². The zero-order chi connectivity index (χ0) is 23.0. The number of aryl methyl sites for hydroxylation is 1. The fourth-order valence-corrected chi connectivity index (χ4v) is 3.83. The van der Waals surface area contributed by atoms with Gasteiger partial charge in [0.25, 0.3) is 17.5 Å². The zero-order valence-electron chi connectivity index (χ0n) is 16.6. The van der Waals surface area contributed by atoms with Crippen molar-refractivity contribution < 1.29 is 14.5 Å². The van der Waals surface area contributed by atoms with Crippen LogP contribution in [0.5, 0.6) is 0 Å². The highest BCUT2D eigenvalue weighted by Gasteiger charge is 2.40. The number of benzene rings is 3. The van der Waals surface area contributed by atoms with E-state index in [2.05, 4.69) is 5.32 Å². The summed E-state index contributed by atoms with van der Waals surface area (Å²) in [6.45, 7) is 1.82. The molecule has 1 heterocycles. The molecule has 0 atom stereocenters. The molecule has 0 bridgehead atoms. The van der Waals surface area contributed by atoms with E-state index in [9.17, 15) is 19.7 Å². The summed E-state index contributed by atoms with van der Waals surface area (Å²) in [6.07, 6.45) is 0. The van der Waals surface area contributed by atoms with E-state index in [-0.39, 0.29) is 17.0 Å². The van der Waals surface area contributed by atoms with E-state index in [1.165, 1.54) is 30.3 Å². The van der Waals surface area contributed by atoms with Crippen LogP contribution in [-0.4, -0.2) is 16.7 Å². The SMILES string of the molecule is Cc1cc(Cl)ccc1NC1=C(c2ccc([N+](=O)[O-])cc2)C(=O)N(c2cccc(Cl)c2)C1=O. The quantitative estimate of drug-likeness (QED) is 0.299. The predicted octanol–water partition coefficient (Wildman–Crippen LogP) is 5.61. The molecular formula is C23H15Cl2N3O4. The molecule has 4 rings (SSSR count). The lowest BCUT2D eigenvalue weighted by Crippen LogP contribution is -2.32. The van der Waals surface area contributed by atoms with Crippen molar-refractivity contribution in [3.8, 4) is 0 Å². The van der Waals surface area contributed by atoms with E-state index >= 15 is 0 Å².